The van der Waals surface area contributed by atoms with Crippen LogP contribution >= 0.6 is 0 Å². The van der Waals surface area contributed by atoms with Crippen LogP contribution < -0.4 is 10.6 Å². The fourth-order valence-corrected chi connectivity index (χ4v) is 5.77. The minimum absolute atomic E-state index is 0. The van der Waals surface area contributed by atoms with Crippen molar-refractivity contribution in [1.82, 2.24) is 0 Å². The van der Waals surface area contributed by atoms with Gasteiger partial charge in [-0.1, -0.05) is 25.0 Å². The third kappa shape index (κ3) is 9.53. The summed E-state index contributed by atoms with van der Waals surface area (Å²) < 4.78 is 0. The maximum absolute atomic E-state index is 3.80. The van der Waals surface area contributed by atoms with Crippen LogP contribution in [0.2, 0.25) is 0 Å². The molecule has 233 valence electrons. The number of hydrogen-bond acceptors (Lipinski definition) is 2. The molecule has 0 spiro atoms. The first-order chi connectivity index (χ1) is 20.0. The molecule has 4 N–H and O–H groups in total. The summed E-state index contributed by atoms with van der Waals surface area (Å²) in [4.78, 5) is 0. The van der Waals surface area contributed by atoms with Crippen molar-refractivity contribution in [3.05, 3.63) is 146 Å². The summed E-state index contributed by atoms with van der Waals surface area (Å²) in [5.41, 5.74) is 19.0. The molecule has 0 aliphatic heterocycles. The molecule has 0 aromatic heterocycles. The molecule has 0 atom stereocenters. The Hall–Kier alpha value is -2.94. The molecule has 44 heavy (non-hydrogen) atoms. The smallest absolute Gasteiger partial charge is 0.693 e. The molecule has 4 aromatic rings. The molecule has 4 heteroatoms. The molecule has 0 saturated carbocycles. The molecular formula is C40H54N3Zr. The van der Waals surface area contributed by atoms with Crippen LogP contribution in [0.25, 0.3) is 6.15 Å². The molecule has 3 nitrogen and oxygen atoms in total. The summed E-state index contributed by atoms with van der Waals surface area (Å²) in [5.74, 6) is 1.50. The maximum Gasteiger partial charge on any atom is 3.00 e. The molecule has 0 bridgehead atoms. The molecule has 0 fully saturated rings. The van der Waals surface area contributed by atoms with Crippen LogP contribution in [0.3, 0.4) is 0 Å². The molecule has 0 aliphatic carbocycles. The third-order valence-corrected chi connectivity index (χ3v) is 9.48. The van der Waals surface area contributed by atoms with Gasteiger partial charge in [0.1, 0.15) is 0 Å². The molecule has 1 radical (unpaired) electrons. The Morgan fingerprint density at radius 2 is 0.773 bits per heavy atom. The monoisotopic (exact) mass is 666 g/mol. The average Bonchev–Trinajstić information content (AvgIpc) is 3.00. The summed E-state index contributed by atoms with van der Waals surface area (Å²) in [6, 6.07) is 20.8. The molecule has 4 aromatic carbocycles. The third-order valence-electron chi connectivity index (χ3n) is 9.48. The number of nitrogens with one attached hydrogen (secondary N) is 2. The van der Waals surface area contributed by atoms with Crippen molar-refractivity contribution in [2.45, 2.75) is 82.1 Å². The van der Waals surface area contributed by atoms with Crippen LogP contribution in [-0.2, 0) is 26.2 Å². The van der Waals surface area contributed by atoms with E-state index in [0.717, 1.165) is 31.5 Å². The van der Waals surface area contributed by atoms with Crippen molar-refractivity contribution in [3.63, 3.8) is 0 Å². The quantitative estimate of drug-likeness (QED) is 0.175. The molecule has 0 aliphatic rings. The minimum Gasteiger partial charge on any atom is -0.693 e. The number of rotatable bonds is 9. The van der Waals surface area contributed by atoms with E-state index in [2.05, 4.69) is 117 Å². The van der Waals surface area contributed by atoms with Crippen molar-refractivity contribution in [1.29, 1.82) is 0 Å². The first kappa shape index (κ1) is 39.1. The van der Waals surface area contributed by atoms with E-state index in [1.54, 1.807) is 0 Å². The normalized spacial score (nSPS) is 10.1. The fraction of sp³-hybridized carbons (Fsp3) is 0.350. The standard InChI is InChI=1S/C33H45N2.C7H7.H2N.Zr/c1-20-22(3)26(7)32(27(8)23(20)4)34-18-16-31(30-14-12-11-13-15-30)17-19-35-33-28(9)24(5)21(2)25(6)29(33)10;1-7-5-3-2-4-6-7;;/h11-15,34-35H,16-19H2,1-10H3;2-6H,1H2;1H2;/q3*-1;+3. The predicted octanol–water partition coefficient (Wildman–Crippen LogP) is 11.3. The molecule has 0 amide bonds. The number of benzene rings is 4. The first-order valence-electron chi connectivity index (χ1n) is 15.3. The largest absolute Gasteiger partial charge is 3.00 e. The van der Waals surface area contributed by atoms with Gasteiger partial charge in [0.15, 0.2) is 0 Å². The minimum atomic E-state index is 0. The van der Waals surface area contributed by atoms with E-state index < -0.39 is 0 Å². The van der Waals surface area contributed by atoms with Crippen LogP contribution in [-0.4, -0.2) is 13.1 Å². The van der Waals surface area contributed by atoms with E-state index in [4.69, 9.17) is 0 Å². The van der Waals surface area contributed by atoms with Crippen molar-refractivity contribution in [3.8, 4) is 0 Å². The van der Waals surface area contributed by atoms with Crippen molar-refractivity contribution >= 4 is 11.4 Å². The van der Waals surface area contributed by atoms with Gasteiger partial charge >= 0.3 is 26.2 Å². The van der Waals surface area contributed by atoms with E-state index >= 15 is 0 Å². The second-order valence-electron chi connectivity index (χ2n) is 11.8. The summed E-state index contributed by atoms with van der Waals surface area (Å²) in [6.45, 7) is 28.0. The Kier molecular flexibility index (Phi) is 16.1. The van der Waals surface area contributed by atoms with Gasteiger partial charge in [-0.3, -0.25) is 0 Å². The first-order valence-corrected chi connectivity index (χ1v) is 15.3. The molecule has 4 rings (SSSR count). The van der Waals surface area contributed by atoms with E-state index in [1.807, 2.05) is 30.3 Å². The number of anilines is 2. The second-order valence-corrected chi connectivity index (χ2v) is 11.8. The Bertz CT molecular complexity index is 1340. The van der Waals surface area contributed by atoms with Crippen LogP contribution in [0.15, 0.2) is 60.7 Å². The number of hydrogen-bond donors (Lipinski definition) is 2. The van der Waals surface area contributed by atoms with Gasteiger partial charge in [0.05, 0.1) is 0 Å². The summed E-state index contributed by atoms with van der Waals surface area (Å²) in [6.07, 6.45) is 2.06. The second kappa shape index (κ2) is 18.1. The summed E-state index contributed by atoms with van der Waals surface area (Å²) in [7, 11) is 0. The van der Waals surface area contributed by atoms with Gasteiger partial charge in [0, 0.05) is 24.5 Å². The Labute approximate surface area is 288 Å². The van der Waals surface area contributed by atoms with Gasteiger partial charge in [-0.25, -0.2) is 0 Å². The van der Waals surface area contributed by atoms with Crippen molar-refractivity contribution < 1.29 is 26.2 Å². The van der Waals surface area contributed by atoms with Crippen molar-refractivity contribution in [2.75, 3.05) is 23.7 Å². The Balaban J connectivity index is 0.000000946. The van der Waals surface area contributed by atoms with E-state index in [-0.39, 0.29) is 32.4 Å². The average molecular weight is 668 g/mol. The van der Waals surface area contributed by atoms with Crippen LogP contribution in [0, 0.1) is 82.1 Å². The van der Waals surface area contributed by atoms with Crippen molar-refractivity contribution in [2.24, 2.45) is 0 Å². The Morgan fingerprint density at radius 3 is 1.07 bits per heavy atom. The van der Waals surface area contributed by atoms with E-state index in [0.29, 0.717) is 0 Å². The zero-order valence-corrected chi connectivity index (χ0v) is 31.3. The summed E-state index contributed by atoms with van der Waals surface area (Å²) in [5, 5.41) is 7.59. The SMILES string of the molecule is Cc1c(C)c(C)c(NCC[C-](CCNc2c(C)c(C)c(C)c(C)c2C)c2ccccc2)c(C)c1C.[CH2-]c1ccccc1.[NH2-].[Zr+3]. The summed E-state index contributed by atoms with van der Waals surface area (Å²) >= 11 is 0. The van der Waals surface area contributed by atoms with Gasteiger partial charge in [-0.05, 0) is 125 Å². The van der Waals surface area contributed by atoms with E-state index in [1.165, 1.54) is 78.5 Å². The van der Waals surface area contributed by atoms with Gasteiger partial charge in [0.25, 0.3) is 0 Å². The van der Waals surface area contributed by atoms with Crippen LogP contribution in [0.1, 0.15) is 79.6 Å². The van der Waals surface area contributed by atoms with Gasteiger partial charge in [0.2, 0.25) is 0 Å². The molecule has 0 heterocycles. The molecular weight excluding hydrogens is 614 g/mol. The predicted molar refractivity (Wildman–Crippen MR) is 191 cm³/mol. The molecule has 0 unspecified atom stereocenters. The zero-order chi connectivity index (χ0) is 31.0. The topological polar surface area (TPSA) is 57.6 Å². The Morgan fingerprint density at radius 1 is 0.477 bits per heavy atom. The fourth-order valence-electron chi connectivity index (χ4n) is 5.77. The zero-order valence-electron chi connectivity index (χ0n) is 28.9. The van der Waals surface area contributed by atoms with Gasteiger partial charge in [-0.15, -0.1) is 24.3 Å². The molecule has 0 saturated heterocycles. The van der Waals surface area contributed by atoms with E-state index in [9.17, 15) is 0 Å². The van der Waals surface area contributed by atoms with Gasteiger partial charge in [-0.2, -0.15) is 48.2 Å². The van der Waals surface area contributed by atoms with Crippen LogP contribution in [0.5, 0.6) is 0 Å². The van der Waals surface area contributed by atoms with Gasteiger partial charge < -0.3 is 16.8 Å². The van der Waals surface area contributed by atoms with Crippen LogP contribution in [0.4, 0.5) is 11.4 Å². The maximum atomic E-state index is 3.80. The number of nitrogens with two attached hydrogens (primary N) is 1.